The number of fused-ring (bicyclic) bond motifs is 1. The van der Waals surface area contributed by atoms with Gasteiger partial charge in [0.2, 0.25) is 0 Å². The Morgan fingerprint density at radius 1 is 1.24 bits per heavy atom. The summed E-state index contributed by atoms with van der Waals surface area (Å²) < 4.78 is 6.97. The fraction of sp³-hybridized carbons (Fsp3) is 0.188. The van der Waals surface area contributed by atoms with Crippen LogP contribution < -0.4 is 10.1 Å². The zero-order chi connectivity index (χ0) is 14.5. The Kier molecular flexibility index (Phi) is 4.85. The van der Waals surface area contributed by atoms with Crippen LogP contribution >= 0.6 is 27.3 Å². The van der Waals surface area contributed by atoms with Crippen LogP contribution in [0.15, 0.2) is 52.4 Å². The SMILES string of the molecule is Brc1csc(CNCCOc2cccc3cccnc23)c1. The summed E-state index contributed by atoms with van der Waals surface area (Å²) >= 11 is 5.20. The highest BCUT2D eigenvalue weighted by molar-refractivity contribution is 9.10. The van der Waals surface area contributed by atoms with Crippen LogP contribution in [0, 0.1) is 0 Å². The van der Waals surface area contributed by atoms with Crippen LogP contribution in [0.1, 0.15) is 4.88 Å². The number of hydrogen-bond acceptors (Lipinski definition) is 4. The van der Waals surface area contributed by atoms with E-state index in [1.54, 1.807) is 17.5 Å². The Bertz CT molecular complexity index is 724. The van der Waals surface area contributed by atoms with Crippen LogP contribution in [0.5, 0.6) is 5.75 Å². The first kappa shape index (κ1) is 14.5. The number of thiophene rings is 1. The second-order valence-electron chi connectivity index (χ2n) is 4.59. The van der Waals surface area contributed by atoms with Crippen LogP contribution in [0.2, 0.25) is 0 Å². The summed E-state index contributed by atoms with van der Waals surface area (Å²) in [5.41, 5.74) is 0.919. The van der Waals surface area contributed by atoms with Gasteiger partial charge in [0.25, 0.3) is 0 Å². The fourth-order valence-corrected chi connectivity index (χ4v) is 3.50. The molecule has 3 nitrogen and oxygen atoms in total. The van der Waals surface area contributed by atoms with E-state index in [1.807, 2.05) is 30.3 Å². The Labute approximate surface area is 136 Å². The number of rotatable bonds is 6. The summed E-state index contributed by atoms with van der Waals surface area (Å²) in [6.45, 7) is 2.30. The minimum absolute atomic E-state index is 0.627. The number of nitrogens with one attached hydrogen (secondary N) is 1. The van der Waals surface area contributed by atoms with Gasteiger partial charge < -0.3 is 10.1 Å². The van der Waals surface area contributed by atoms with Crippen molar-refractivity contribution in [1.29, 1.82) is 0 Å². The van der Waals surface area contributed by atoms with Crippen LogP contribution in [-0.4, -0.2) is 18.1 Å². The molecular formula is C16H15BrN2OS. The Morgan fingerprint density at radius 3 is 3.00 bits per heavy atom. The van der Waals surface area contributed by atoms with E-state index in [-0.39, 0.29) is 0 Å². The third-order valence-corrected chi connectivity index (χ3v) is 4.75. The molecule has 1 N–H and O–H groups in total. The van der Waals surface area contributed by atoms with Crippen molar-refractivity contribution in [2.75, 3.05) is 13.2 Å². The molecule has 0 atom stereocenters. The predicted octanol–water partition coefficient (Wildman–Crippen LogP) is 4.23. The quantitative estimate of drug-likeness (QED) is 0.666. The number of hydrogen-bond donors (Lipinski definition) is 1. The van der Waals surface area contributed by atoms with Crippen molar-refractivity contribution in [3.63, 3.8) is 0 Å². The van der Waals surface area contributed by atoms with Gasteiger partial charge in [0.1, 0.15) is 17.9 Å². The van der Waals surface area contributed by atoms with Crippen LogP contribution in [0.25, 0.3) is 10.9 Å². The zero-order valence-corrected chi connectivity index (χ0v) is 13.8. The number of ether oxygens (including phenoxy) is 1. The molecule has 0 aliphatic heterocycles. The number of pyridine rings is 1. The van der Waals surface area contributed by atoms with Crippen LogP contribution in [-0.2, 0) is 6.54 Å². The molecule has 2 heterocycles. The minimum atomic E-state index is 0.627. The summed E-state index contributed by atoms with van der Waals surface area (Å²) in [6, 6.07) is 12.1. The van der Waals surface area contributed by atoms with E-state index in [2.05, 4.69) is 37.7 Å². The van der Waals surface area contributed by atoms with Gasteiger partial charge in [-0.1, -0.05) is 18.2 Å². The average molecular weight is 363 g/mol. The summed E-state index contributed by atoms with van der Waals surface area (Å²) in [7, 11) is 0. The molecule has 0 aliphatic rings. The second kappa shape index (κ2) is 7.02. The smallest absolute Gasteiger partial charge is 0.145 e. The molecule has 0 spiro atoms. The zero-order valence-electron chi connectivity index (χ0n) is 11.4. The van der Waals surface area contributed by atoms with Gasteiger partial charge in [0.15, 0.2) is 0 Å². The largest absolute Gasteiger partial charge is 0.490 e. The van der Waals surface area contributed by atoms with E-state index >= 15 is 0 Å². The third-order valence-electron chi connectivity index (χ3n) is 3.05. The Morgan fingerprint density at radius 2 is 2.14 bits per heavy atom. The molecule has 108 valence electrons. The highest BCUT2D eigenvalue weighted by Crippen LogP contribution is 2.22. The molecule has 0 aliphatic carbocycles. The lowest BCUT2D eigenvalue weighted by Crippen LogP contribution is -2.20. The molecule has 0 unspecified atom stereocenters. The highest BCUT2D eigenvalue weighted by atomic mass is 79.9. The summed E-state index contributed by atoms with van der Waals surface area (Å²) in [5, 5.41) is 6.57. The molecular weight excluding hydrogens is 348 g/mol. The average Bonchev–Trinajstić information content (AvgIpc) is 2.92. The molecule has 0 saturated heterocycles. The minimum Gasteiger partial charge on any atom is -0.490 e. The van der Waals surface area contributed by atoms with Crippen molar-refractivity contribution in [1.82, 2.24) is 10.3 Å². The molecule has 21 heavy (non-hydrogen) atoms. The summed E-state index contributed by atoms with van der Waals surface area (Å²) in [6.07, 6.45) is 1.79. The molecule has 0 saturated carbocycles. The lowest BCUT2D eigenvalue weighted by Gasteiger charge is -2.09. The fourth-order valence-electron chi connectivity index (χ4n) is 2.08. The van der Waals surface area contributed by atoms with Gasteiger partial charge in [0.05, 0.1) is 0 Å². The number of aromatic nitrogens is 1. The maximum atomic E-state index is 5.83. The summed E-state index contributed by atoms with van der Waals surface area (Å²) in [5.74, 6) is 0.841. The molecule has 1 aromatic carbocycles. The van der Waals surface area contributed by atoms with Gasteiger partial charge in [-0.2, -0.15) is 0 Å². The van der Waals surface area contributed by atoms with Crippen molar-refractivity contribution >= 4 is 38.2 Å². The van der Waals surface area contributed by atoms with Gasteiger partial charge in [0, 0.05) is 39.4 Å². The Hall–Kier alpha value is -1.43. The van der Waals surface area contributed by atoms with Crippen molar-refractivity contribution in [3.8, 4) is 5.75 Å². The molecule has 0 fully saturated rings. The van der Waals surface area contributed by atoms with E-state index < -0.39 is 0 Å². The molecule has 0 radical (unpaired) electrons. The summed E-state index contributed by atoms with van der Waals surface area (Å²) in [4.78, 5) is 5.70. The molecule has 3 rings (SSSR count). The molecule has 5 heteroatoms. The van der Waals surface area contributed by atoms with Gasteiger partial charge >= 0.3 is 0 Å². The molecule has 3 aromatic rings. The van der Waals surface area contributed by atoms with Gasteiger partial charge in [-0.15, -0.1) is 11.3 Å². The molecule has 0 bridgehead atoms. The number of nitrogens with zero attached hydrogens (tertiary/aromatic N) is 1. The van der Waals surface area contributed by atoms with E-state index in [1.165, 1.54) is 4.88 Å². The third kappa shape index (κ3) is 3.81. The second-order valence-corrected chi connectivity index (χ2v) is 6.50. The van der Waals surface area contributed by atoms with E-state index in [0.717, 1.165) is 34.2 Å². The van der Waals surface area contributed by atoms with E-state index in [9.17, 15) is 0 Å². The lowest BCUT2D eigenvalue weighted by atomic mass is 10.2. The van der Waals surface area contributed by atoms with Gasteiger partial charge in [-0.3, -0.25) is 4.98 Å². The monoisotopic (exact) mass is 362 g/mol. The van der Waals surface area contributed by atoms with Crippen LogP contribution in [0.4, 0.5) is 0 Å². The lowest BCUT2D eigenvalue weighted by molar-refractivity contribution is 0.317. The van der Waals surface area contributed by atoms with Gasteiger partial charge in [-0.25, -0.2) is 0 Å². The van der Waals surface area contributed by atoms with Gasteiger partial charge in [-0.05, 0) is 34.1 Å². The predicted molar refractivity (Wildman–Crippen MR) is 91.0 cm³/mol. The number of para-hydroxylation sites is 1. The molecule has 2 aromatic heterocycles. The number of halogens is 1. The maximum absolute atomic E-state index is 5.83. The first-order valence-corrected chi connectivity index (χ1v) is 8.40. The maximum Gasteiger partial charge on any atom is 0.145 e. The van der Waals surface area contributed by atoms with E-state index in [0.29, 0.717) is 6.61 Å². The van der Waals surface area contributed by atoms with E-state index in [4.69, 9.17) is 4.74 Å². The first-order chi connectivity index (χ1) is 10.3. The Balaban J connectivity index is 1.50. The first-order valence-electron chi connectivity index (χ1n) is 6.73. The van der Waals surface area contributed by atoms with Crippen molar-refractivity contribution in [2.45, 2.75) is 6.54 Å². The van der Waals surface area contributed by atoms with Crippen LogP contribution in [0.3, 0.4) is 0 Å². The van der Waals surface area contributed by atoms with Crippen molar-refractivity contribution < 1.29 is 4.74 Å². The molecule has 0 amide bonds. The highest BCUT2D eigenvalue weighted by Gasteiger charge is 2.02. The number of benzene rings is 1. The standard InChI is InChI=1S/C16H15BrN2OS/c17-13-9-14(21-11-13)10-18-7-8-20-15-5-1-3-12-4-2-6-19-16(12)15/h1-6,9,11,18H,7-8,10H2. The van der Waals surface area contributed by atoms with Crippen molar-refractivity contribution in [3.05, 3.63) is 57.3 Å². The van der Waals surface area contributed by atoms with Crippen molar-refractivity contribution in [2.24, 2.45) is 0 Å². The topological polar surface area (TPSA) is 34.1 Å². The normalized spacial score (nSPS) is 10.9.